The van der Waals surface area contributed by atoms with Gasteiger partial charge in [0.05, 0.1) is 0 Å². The summed E-state index contributed by atoms with van der Waals surface area (Å²) in [4.78, 5) is 0. The Labute approximate surface area is 195 Å². The molecule has 31 heavy (non-hydrogen) atoms. The fourth-order valence-corrected chi connectivity index (χ4v) is 3.11. The van der Waals surface area contributed by atoms with Gasteiger partial charge in [0.25, 0.3) is 0 Å². The molecule has 0 spiro atoms. The zero-order chi connectivity index (χ0) is 20.6. The van der Waals surface area contributed by atoms with Gasteiger partial charge in [-0.05, 0) is 36.8 Å². The molecule has 0 fully saturated rings. The maximum absolute atomic E-state index is 4.58. The van der Waals surface area contributed by atoms with E-state index in [0.717, 1.165) is 28.1 Å². The summed E-state index contributed by atoms with van der Waals surface area (Å²) >= 11 is 0. The predicted octanol–water partition coefficient (Wildman–Crippen LogP) is 6.82. The normalized spacial score (nSPS) is 13.5. The number of hydrogen-bond acceptors (Lipinski definition) is 1. The van der Waals surface area contributed by atoms with Crippen LogP contribution in [0.5, 0.6) is 0 Å². The Morgan fingerprint density at radius 2 is 1.48 bits per heavy atom. The van der Waals surface area contributed by atoms with Crippen molar-refractivity contribution in [3.63, 3.8) is 0 Å². The summed E-state index contributed by atoms with van der Waals surface area (Å²) in [5, 5.41) is 1.95. The fraction of sp³-hybridized carbons (Fsp3) is 0.0357. The molecule has 3 aromatic rings. The Balaban J connectivity index is 0.000000401. The topological polar surface area (TPSA) is 17.3 Å². The minimum absolute atomic E-state index is 0. The summed E-state index contributed by atoms with van der Waals surface area (Å²) in [6, 6.07) is 28.4. The van der Waals surface area contributed by atoms with Gasteiger partial charge in [0.15, 0.2) is 0 Å². The van der Waals surface area contributed by atoms with Crippen LogP contribution in [0.4, 0.5) is 5.69 Å². The van der Waals surface area contributed by atoms with E-state index in [2.05, 4.69) is 60.6 Å². The smallest absolute Gasteiger partial charge is 0.595 e. The van der Waals surface area contributed by atoms with Crippen molar-refractivity contribution in [2.75, 3.05) is 5.01 Å². The van der Waals surface area contributed by atoms with Crippen LogP contribution < -0.4 is 5.01 Å². The molecule has 152 valence electrons. The van der Waals surface area contributed by atoms with Gasteiger partial charge in [0, 0.05) is 22.5 Å². The van der Waals surface area contributed by atoms with E-state index < -0.39 is 0 Å². The number of aryl methyl sites for hydroxylation is 1. The van der Waals surface area contributed by atoms with Crippen molar-refractivity contribution in [1.82, 2.24) is 0 Å². The zero-order valence-electron chi connectivity index (χ0n) is 17.2. The summed E-state index contributed by atoms with van der Waals surface area (Å²) < 4.78 is 0. The average Bonchev–Trinajstić information content (AvgIpc) is 3.57. The van der Waals surface area contributed by atoms with E-state index in [1.165, 1.54) is 5.56 Å². The molecule has 3 aromatic carbocycles. The van der Waals surface area contributed by atoms with Crippen molar-refractivity contribution in [3.8, 4) is 11.8 Å². The van der Waals surface area contributed by atoms with Crippen molar-refractivity contribution >= 4 is 5.69 Å². The van der Waals surface area contributed by atoms with E-state index in [9.17, 15) is 0 Å². The molecule has 0 amide bonds. The Kier molecular flexibility index (Phi) is 7.84. The summed E-state index contributed by atoms with van der Waals surface area (Å²) in [5.41, 5.74) is 10.9. The molecular weight excluding hydrogens is 420 g/mol. The molecule has 5 rings (SSSR count). The van der Waals surface area contributed by atoms with Crippen molar-refractivity contribution in [2.45, 2.75) is 6.92 Å². The van der Waals surface area contributed by atoms with Crippen LogP contribution in [0, 0.1) is 18.8 Å². The van der Waals surface area contributed by atoms with Gasteiger partial charge in [-0.25, -0.2) is 12.1 Å². The largest absolute Gasteiger partial charge is 2.00 e. The van der Waals surface area contributed by atoms with Crippen molar-refractivity contribution < 1.29 is 17.1 Å². The molecular formula is C28H22FeN2. The minimum atomic E-state index is 0. The second-order valence-corrected chi connectivity index (χ2v) is 6.91. The number of benzene rings is 2. The second-order valence-electron chi connectivity index (χ2n) is 6.91. The third kappa shape index (κ3) is 5.74. The molecule has 2 nitrogen and oxygen atoms in total. The first-order valence-electron chi connectivity index (χ1n) is 9.92. The Morgan fingerprint density at radius 3 is 2.10 bits per heavy atom. The molecule has 0 unspecified atom stereocenters. The third-order valence-corrected chi connectivity index (χ3v) is 4.65. The number of rotatable bonds is 1. The number of hydrogen-bond donors (Lipinski definition) is 0. The summed E-state index contributed by atoms with van der Waals surface area (Å²) in [6.07, 6.45) is 10.1. The van der Waals surface area contributed by atoms with Crippen LogP contribution in [0.2, 0.25) is 0 Å². The molecule has 0 N–H and O–H groups in total. The van der Waals surface area contributed by atoms with Crippen LogP contribution in [-0.2, 0) is 17.1 Å². The van der Waals surface area contributed by atoms with Crippen molar-refractivity contribution in [1.29, 1.82) is 0 Å². The van der Waals surface area contributed by atoms with E-state index in [1.807, 2.05) is 84.0 Å². The fourth-order valence-electron chi connectivity index (χ4n) is 3.11. The van der Waals surface area contributed by atoms with Gasteiger partial charge in [0.1, 0.15) is 0 Å². The molecule has 0 saturated carbocycles. The number of anilines is 1. The maximum Gasteiger partial charge on any atom is 2.00 e. The summed E-state index contributed by atoms with van der Waals surface area (Å²) in [6.45, 7) is 2.08. The van der Waals surface area contributed by atoms with Gasteiger partial charge in [-0.15, -0.1) is 6.20 Å². The molecule has 1 aliphatic carbocycles. The van der Waals surface area contributed by atoms with E-state index in [0.29, 0.717) is 0 Å². The van der Waals surface area contributed by atoms with Crippen LogP contribution in [0.3, 0.4) is 0 Å². The van der Waals surface area contributed by atoms with Gasteiger partial charge in [-0.2, -0.15) is 18.2 Å². The zero-order valence-corrected chi connectivity index (χ0v) is 18.3. The number of nitrogens with zero attached hydrogens (tertiary/aromatic N) is 2. The van der Waals surface area contributed by atoms with Gasteiger partial charge in [0.2, 0.25) is 0 Å². The molecule has 0 atom stereocenters. The Morgan fingerprint density at radius 1 is 0.806 bits per heavy atom. The van der Waals surface area contributed by atoms with Gasteiger partial charge in [-0.1, -0.05) is 72.0 Å². The van der Waals surface area contributed by atoms with Crippen LogP contribution in [-0.4, -0.2) is 0 Å². The first kappa shape index (κ1) is 22.1. The monoisotopic (exact) mass is 442 g/mol. The Bertz CT molecular complexity index is 1120. The van der Waals surface area contributed by atoms with E-state index in [-0.39, 0.29) is 17.1 Å². The molecule has 0 saturated heterocycles. The van der Waals surface area contributed by atoms with Gasteiger partial charge < -0.3 is 10.4 Å². The maximum atomic E-state index is 4.58. The molecule has 3 heteroatoms. The molecule has 1 heterocycles. The predicted molar refractivity (Wildman–Crippen MR) is 126 cm³/mol. The van der Waals surface area contributed by atoms with E-state index >= 15 is 0 Å². The average molecular weight is 442 g/mol. The first-order valence-corrected chi connectivity index (χ1v) is 9.92. The molecule has 2 aliphatic rings. The van der Waals surface area contributed by atoms with Gasteiger partial charge >= 0.3 is 17.1 Å². The Hall–Kier alpha value is -3.57. The van der Waals surface area contributed by atoms with E-state index in [1.54, 1.807) is 0 Å². The summed E-state index contributed by atoms with van der Waals surface area (Å²) in [5.74, 6) is 6.55. The van der Waals surface area contributed by atoms with Crippen LogP contribution in [0.25, 0.3) is 5.43 Å². The van der Waals surface area contributed by atoms with Crippen LogP contribution in [0.1, 0.15) is 11.1 Å². The van der Waals surface area contributed by atoms with Crippen molar-refractivity contribution in [2.24, 2.45) is 0 Å². The third-order valence-electron chi connectivity index (χ3n) is 4.65. The first-order chi connectivity index (χ1) is 14.8. The molecule has 0 bridgehead atoms. The number of para-hydroxylation sites is 1. The van der Waals surface area contributed by atoms with Crippen LogP contribution in [0.15, 0.2) is 132 Å². The molecule has 0 aromatic heterocycles. The van der Waals surface area contributed by atoms with Crippen molar-refractivity contribution in [3.05, 3.63) is 149 Å². The van der Waals surface area contributed by atoms with E-state index in [4.69, 9.17) is 0 Å². The quantitative estimate of drug-likeness (QED) is 0.230. The van der Waals surface area contributed by atoms with Crippen LogP contribution >= 0.6 is 0 Å². The molecule has 0 radical (unpaired) electrons. The summed E-state index contributed by atoms with van der Waals surface area (Å²) in [7, 11) is 0. The molecule has 1 aliphatic heterocycles. The second kappa shape index (κ2) is 11.0. The minimum Gasteiger partial charge on any atom is -0.595 e. The SMILES string of the molecule is Cc1ccc(C#CC2=C[N-]N(c3ccccc3)C2=C2C=CC=C2)cc1.[Fe+2].c1cc[cH-]c1. The van der Waals surface area contributed by atoms with Gasteiger partial charge in [-0.3, -0.25) is 0 Å². The number of allylic oxidation sites excluding steroid dienone is 6. The standard InChI is InChI=1S/C23H17N2.C5H5.Fe/c1-18-11-13-19(14-12-18)15-16-21-17-24-25(22-9-3-2-4-10-22)23(21)20-7-5-6-8-20;1-2-4-5-3-1;/h2-14,17H,1H3;1-5H;/q2*-1;+2.